The lowest BCUT2D eigenvalue weighted by molar-refractivity contribution is -0.138. The molecule has 198 valence electrons. The van der Waals surface area contributed by atoms with Gasteiger partial charge in [0.1, 0.15) is 18.1 Å². The summed E-state index contributed by atoms with van der Waals surface area (Å²) in [5.41, 5.74) is 1.80. The Bertz CT molecular complexity index is 1470. The number of amides is 4. The fourth-order valence-electron chi connectivity index (χ4n) is 6.67. The summed E-state index contributed by atoms with van der Waals surface area (Å²) in [6.07, 6.45) is 1.96. The van der Waals surface area contributed by atoms with Crippen LogP contribution in [0.3, 0.4) is 0 Å². The van der Waals surface area contributed by atoms with Gasteiger partial charge in [-0.15, -0.1) is 23.2 Å². The zero-order valence-electron chi connectivity index (χ0n) is 20.4. The number of aryl methyl sites for hydroxylation is 1. The van der Waals surface area contributed by atoms with Gasteiger partial charge in [-0.2, -0.15) is 0 Å². The first kappa shape index (κ1) is 25.6. The van der Waals surface area contributed by atoms with Gasteiger partial charge in [0.15, 0.2) is 9.75 Å². The molecule has 3 heterocycles. The Labute approximate surface area is 233 Å². The average Bonchev–Trinajstić information content (AvgIpc) is 3.50. The van der Waals surface area contributed by atoms with Gasteiger partial charge < -0.3 is 9.52 Å². The van der Waals surface area contributed by atoms with E-state index in [-0.39, 0.29) is 36.9 Å². The van der Waals surface area contributed by atoms with E-state index < -0.39 is 51.1 Å². The fourth-order valence-corrected chi connectivity index (χ4v) is 7.84. The number of hydrogen-bond donors (Lipinski definition) is 1. The second kappa shape index (κ2) is 8.42. The number of halogens is 3. The lowest BCUT2D eigenvalue weighted by atomic mass is 9.57. The molecule has 1 N–H and O–H groups in total. The number of furan rings is 1. The number of anilines is 1. The van der Waals surface area contributed by atoms with E-state index >= 15 is 0 Å². The van der Waals surface area contributed by atoms with Crippen molar-refractivity contribution < 1.29 is 28.7 Å². The van der Waals surface area contributed by atoms with Crippen molar-refractivity contribution in [2.24, 2.45) is 17.8 Å². The van der Waals surface area contributed by atoms with Gasteiger partial charge >= 0.3 is 0 Å². The number of allylic oxidation sites excluding steroid dienone is 2. The minimum absolute atomic E-state index is 0.106. The van der Waals surface area contributed by atoms with Crippen LogP contribution in [0.2, 0.25) is 5.02 Å². The quantitative estimate of drug-likeness (QED) is 0.337. The Morgan fingerprint density at radius 1 is 1.05 bits per heavy atom. The summed E-state index contributed by atoms with van der Waals surface area (Å²) in [4.78, 5) is 52.6. The van der Waals surface area contributed by atoms with Crippen LogP contribution in [0, 0.1) is 24.7 Å². The number of carbonyl (C=O) groups excluding carboxylic acids is 4. The van der Waals surface area contributed by atoms with Crippen LogP contribution in [-0.2, 0) is 25.8 Å². The van der Waals surface area contributed by atoms with Gasteiger partial charge in [-0.05, 0) is 55.5 Å². The molecule has 3 fully saturated rings. The van der Waals surface area contributed by atoms with Crippen molar-refractivity contribution in [1.82, 2.24) is 4.90 Å². The number of fused-ring (bicyclic) bond motifs is 4. The van der Waals surface area contributed by atoms with E-state index in [4.69, 9.17) is 39.2 Å². The average molecular weight is 578 g/mol. The number of hydrogen-bond acceptors (Lipinski definition) is 6. The summed E-state index contributed by atoms with van der Waals surface area (Å²) < 4.78 is 5.84. The molecule has 1 aromatic carbocycles. The van der Waals surface area contributed by atoms with Gasteiger partial charge in [0, 0.05) is 12.1 Å². The van der Waals surface area contributed by atoms with Crippen molar-refractivity contribution in [2.45, 2.75) is 42.0 Å². The molecule has 0 radical (unpaired) electrons. The highest BCUT2D eigenvalue weighted by Crippen LogP contribution is 2.65. The molecule has 2 saturated heterocycles. The smallest absolute Gasteiger partial charge is 0.253 e. The largest absolute Gasteiger partial charge is 0.463 e. The SMILES string of the molecule is Cc1ccc(N2C(=O)C3CC=C4C(CC5(Cl)C(=O)N(C)C(=O)C5(Cl)C4c4ccc(CO)o4)C3C2=O)cc1Cl. The highest BCUT2D eigenvalue weighted by atomic mass is 35.5. The van der Waals surface area contributed by atoms with Gasteiger partial charge in [-0.1, -0.05) is 29.3 Å². The van der Waals surface area contributed by atoms with Crippen molar-refractivity contribution in [3.05, 3.63) is 64.1 Å². The molecule has 2 aliphatic heterocycles. The Kier molecular flexibility index (Phi) is 5.68. The summed E-state index contributed by atoms with van der Waals surface area (Å²) >= 11 is 20.4. The third kappa shape index (κ3) is 3.09. The molecule has 2 aliphatic carbocycles. The Hall–Kier alpha value is -2.65. The van der Waals surface area contributed by atoms with Crippen LogP contribution < -0.4 is 4.90 Å². The van der Waals surface area contributed by atoms with Crippen LogP contribution in [0.4, 0.5) is 5.69 Å². The Morgan fingerprint density at radius 3 is 2.45 bits per heavy atom. The molecule has 4 amide bonds. The second-order valence-electron chi connectivity index (χ2n) is 10.4. The lowest BCUT2D eigenvalue weighted by Gasteiger charge is -2.49. The van der Waals surface area contributed by atoms with Gasteiger partial charge in [0.25, 0.3) is 11.8 Å². The number of aliphatic hydroxyl groups excluding tert-OH is 1. The van der Waals surface area contributed by atoms with Gasteiger partial charge in [-0.3, -0.25) is 24.1 Å². The normalized spacial score (nSPS) is 34.4. The predicted molar refractivity (Wildman–Crippen MR) is 139 cm³/mol. The first-order chi connectivity index (χ1) is 18.0. The molecule has 1 saturated carbocycles. The van der Waals surface area contributed by atoms with Crippen LogP contribution in [0.25, 0.3) is 0 Å². The molecule has 6 rings (SSSR count). The predicted octanol–water partition coefficient (Wildman–Crippen LogP) is 3.93. The number of likely N-dealkylation sites (tertiary alicyclic amines) is 1. The summed E-state index contributed by atoms with van der Waals surface area (Å²) in [6.45, 7) is 1.44. The second-order valence-corrected chi connectivity index (χ2v) is 12.1. The fraction of sp³-hybridized carbons (Fsp3) is 0.407. The molecule has 6 atom stereocenters. The van der Waals surface area contributed by atoms with E-state index in [1.165, 1.54) is 7.05 Å². The summed E-state index contributed by atoms with van der Waals surface area (Å²) in [5.74, 6) is -4.75. The molecular weight excluding hydrogens is 555 g/mol. The monoisotopic (exact) mass is 576 g/mol. The van der Waals surface area contributed by atoms with E-state index in [0.717, 1.165) is 15.4 Å². The highest BCUT2D eigenvalue weighted by Gasteiger charge is 2.76. The van der Waals surface area contributed by atoms with Crippen LogP contribution >= 0.6 is 34.8 Å². The number of nitrogens with zero attached hydrogens (tertiary/aromatic N) is 2. The molecule has 8 nitrogen and oxygen atoms in total. The van der Waals surface area contributed by atoms with E-state index in [0.29, 0.717) is 16.3 Å². The first-order valence-electron chi connectivity index (χ1n) is 12.2. The zero-order valence-corrected chi connectivity index (χ0v) is 22.7. The lowest BCUT2D eigenvalue weighted by Crippen LogP contribution is -2.60. The standard InChI is InChI=1S/C27H23Cl3N2O6/c1-12-3-4-13(9-18(12)28)32-22(34)16-7-6-15-17(20(16)23(32)35)10-26(29)24(36)31(2)25(37)27(26,30)21(15)19-8-5-14(11-33)38-19/h3-6,8-9,16-17,20-21,33H,7,10-11H2,1-2H3. The number of imide groups is 2. The van der Waals surface area contributed by atoms with Crippen molar-refractivity contribution in [3.8, 4) is 0 Å². The van der Waals surface area contributed by atoms with Crippen LogP contribution in [0.15, 0.2) is 46.4 Å². The van der Waals surface area contributed by atoms with Gasteiger partial charge in [0.05, 0.1) is 23.4 Å². The number of alkyl halides is 2. The first-order valence-corrected chi connectivity index (χ1v) is 13.3. The Morgan fingerprint density at radius 2 is 1.79 bits per heavy atom. The summed E-state index contributed by atoms with van der Waals surface area (Å²) in [6, 6.07) is 8.14. The molecule has 4 aliphatic rings. The minimum Gasteiger partial charge on any atom is -0.463 e. The van der Waals surface area contributed by atoms with Crippen LogP contribution in [0.5, 0.6) is 0 Å². The van der Waals surface area contributed by atoms with Crippen molar-refractivity contribution in [3.63, 3.8) is 0 Å². The maximum atomic E-state index is 13.9. The third-order valence-corrected chi connectivity index (χ3v) is 10.4. The molecule has 0 bridgehead atoms. The highest BCUT2D eigenvalue weighted by molar-refractivity contribution is 6.53. The van der Waals surface area contributed by atoms with Crippen LogP contribution in [-0.4, -0.2) is 50.4 Å². The van der Waals surface area contributed by atoms with Gasteiger partial charge in [0.2, 0.25) is 11.8 Å². The molecule has 38 heavy (non-hydrogen) atoms. The number of rotatable bonds is 3. The molecule has 2 aromatic rings. The summed E-state index contributed by atoms with van der Waals surface area (Å²) in [5, 5.41) is 10.0. The molecule has 1 aromatic heterocycles. The zero-order chi connectivity index (χ0) is 27.3. The van der Waals surface area contributed by atoms with Gasteiger partial charge in [-0.25, -0.2) is 4.90 Å². The molecular formula is C27H23Cl3N2O6. The van der Waals surface area contributed by atoms with Crippen molar-refractivity contribution in [2.75, 3.05) is 11.9 Å². The van der Waals surface area contributed by atoms with Crippen molar-refractivity contribution >= 4 is 64.1 Å². The number of benzene rings is 1. The Balaban J connectivity index is 1.49. The van der Waals surface area contributed by atoms with E-state index in [2.05, 4.69) is 0 Å². The molecule has 11 heteroatoms. The third-order valence-electron chi connectivity index (χ3n) is 8.55. The minimum atomic E-state index is -1.92. The number of aliphatic hydroxyl groups is 1. The van der Waals surface area contributed by atoms with E-state index in [9.17, 15) is 24.3 Å². The van der Waals surface area contributed by atoms with Crippen molar-refractivity contribution in [1.29, 1.82) is 0 Å². The maximum absolute atomic E-state index is 13.9. The van der Waals surface area contributed by atoms with E-state index in [1.54, 1.807) is 30.3 Å². The maximum Gasteiger partial charge on any atom is 0.253 e. The topological polar surface area (TPSA) is 108 Å². The van der Waals surface area contributed by atoms with E-state index in [1.807, 2.05) is 13.0 Å². The molecule has 0 spiro atoms. The number of carbonyl (C=O) groups is 4. The molecule has 6 unspecified atom stereocenters. The van der Waals surface area contributed by atoms with Crippen LogP contribution in [0.1, 0.15) is 35.8 Å². The summed E-state index contributed by atoms with van der Waals surface area (Å²) in [7, 11) is 1.32.